The van der Waals surface area contributed by atoms with Gasteiger partial charge in [-0.3, -0.25) is 9.59 Å². The number of hydrogen-bond acceptors (Lipinski definition) is 3. The summed E-state index contributed by atoms with van der Waals surface area (Å²) in [6.45, 7) is 2.56. The van der Waals surface area contributed by atoms with Crippen LogP contribution >= 0.6 is 0 Å². The molecule has 27 heavy (non-hydrogen) atoms. The monoisotopic (exact) mass is 364 g/mol. The van der Waals surface area contributed by atoms with Crippen molar-refractivity contribution in [3.05, 3.63) is 70.8 Å². The van der Waals surface area contributed by atoms with Crippen LogP contribution in [0.3, 0.4) is 0 Å². The molecule has 0 bridgehead atoms. The zero-order valence-electron chi connectivity index (χ0n) is 15.4. The number of carbonyl (C=O) groups is 2. The SMILES string of the molecule is O=C(COCC(=O)N1CCc2ccccc2C1)N1CCc2ccccc2C1. The average Bonchev–Trinajstić information content (AvgIpc) is 2.72. The van der Waals surface area contributed by atoms with Crippen molar-refractivity contribution in [2.45, 2.75) is 25.9 Å². The number of fused-ring (bicyclic) bond motifs is 2. The molecule has 0 aromatic heterocycles. The lowest BCUT2D eigenvalue weighted by atomic mass is 10.00. The Morgan fingerprint density at radius 2 is 1.11 bits per heavy atom. The van der Waals surface area contributed by atoms with Crippen molar-refractivity contribution in [2.24, 2.45) is 0 Å². The van der Waals surface area contributed by atoms with E-state index in [1.165, 1.54) is 22.3 Å². The summed E-state index contributed by atoms with van der Waals surface area (Å²) < 4.78 is 5.46. The fourth-order valence-corrected chi connectivity index (χ4v) is 3.83. The average molecular weight is 364 g/mol. The largest absolute Gasteiger partial charge is 0.362 e. The van der Waals surface area contributed by atoms with E-state index in [0.29, 0.717) is 26.2 Å². The van der Waals surface area contributed by atoms with Crippen molar-refractivity contribution in [1.82, 2.24) is 9.80 Å². The molecule has 2 heterocycles. The Kier molecular flexibility index (Phi) is 5.21. The van der Waals surface area contributed by atoms with E-state index in [9.17, 15) is 9.59 Å². The number of nitrogens with zero attached hydrogens (tertiary/aromatic N) is 2. The topological polar surface area (TPSA) is 49.9 Å². The lowest BCUT2D eigenvalue weighted by Crippen LogP contribution is -2.40. The van der Waals surface area contributed by atoms with Crippen LogP contribution in [0.2, 0.25) is 0 Å². The van der Waals surface area contributed by atoms with Crippen LogP contribution in [0.15, 0.2) is 48.5 Å². The Balaban J connectivity index is 1.24. The molecule has 2 amide bonds. The van der Waals surface area contributed by atoms with E-state index < -0.39 is 0 Å². The van der Waals surface area contributed by atoms with E-state index >= 15 is 0 Å². The minimum atomic E-state index is -0.0544. The van der Waals surface area contributed by atoms with Crippen LogP contribution in [0.4, 0.5) is 0 Å². The molecule has 140 valence electrons. The zero-order valence-corrected chi connectivity index (χ0v) is 15.4. The first-order valence-electron chi connectivity index (χ1n) is 9.47. The van der Waals surface area contributed by atoms with Gasteiger partial charge in [-0.2, -0.15) is 0 Å². The molecule has 2 aromatic rings. The fourth-order valence-electron chi connectivity index (χ4n) is 3.83. The first-order valence-corrected chi connectivity index (χ1v) is 9.47. The lowest BCUT2D eigenvalue weighted by Gasteiger charge is -2.30. The Labute approximate surface area is 159 Å². The summed E-state index contributed by atoms with van der Waals surface area (Å²) in [7, 11) is 0. The Bertz CT molecular complexity index is 779. The second kappa shape index (κ2) is 7.92. The van der Waals surface area contributed by atoms with Gasteiger partial charge in [0.2, 0.25) is 11.8 Å². The van der Waals surface area contributed by atoms with Crippen molar-refractivity contribution in [2.75, 3.05) is 26.3 Å². The van der Waals surface area contributed by atoms with Gasteiger partial charge in [-0.15, -0.1) is 0 Å². The van der Waals surface area contributed by atoms with Crippen molar-refractivity contribution in [3.63, 3.8) is 0 Å². The number of rotatable bonds is 4. The molecule has 4 rings (SSSR count). The second-order valence-corrected chi connectivity index (χ2v) is 7.16. The molecule has 0 aliphatic carbocycles. The number of benzene rings is 2. The molecule has 2 aromatic carbocycles. The van der Waals surface area contributed by atoms with Crippen molar-refractivity contribution < 1.29 is 14.3 Å². The van der Waals surface area contributed by atoms with E-state index in [1.807, 2.05) is 34.1 Å². The van der Waals surface area contributed by atoms with E-state index in [0.717, 1.165) is 12.8 Å². The summed E-state index contributed by atoms with van der Waals surface area (Å²) in [5.74, 6) is -0.109. The zero-order chi connectivity index (χ0) is 18.6. The van der Waals surface area contributed by atoms with Gasteiger partial charge in [0.15, 0.2) is 0 Å². The van der Waals surface area contributed by atoms with Gasteiger partial charge in [0.1, 0.15) is 13.2 Å². The van der Waals surface area contributed by atoms with Crippen LogP contribution in [-0.4, -0.2) is 47.9 Å². The quantitative estimate of drug-likeness (QED) is 0.836. The molecule has 5 heteroatoms. The first-order chi connectivity index (χ1) is 13.2. The number of ether oxygens (including phenoxy) is 1. The maximum Gasteiger partial charge on any atom is 0.248 e. The molecule has 0 fully saturated rings. The predicted molar refractivity (Wildman–Crippen MR) is 102 cm³/mol. The van der Waals surface area contributed by atoms with Gasteiger partial charge in [0.25, 0.3) is 0 Å². The normalized spacial score (nSPS) is 15.9. The molecule has 0 saturated carbocycles. The molecule has 5 nitrogen and oxygen atoms in total. The summed E-state index contributed by atoms with van der Waals surface area (Å²) in [5, 5.41) is 0. The molecule has 0 unspecified atom stereocenters. The van der Waals surface area contributed by atoms with Gasteiger partial charge < -0.3 is 14.5 Å². The molecule has 0 spiro atoms. The second-order valence-electron chi connectivity index (χ2n) is 7.16. The molecule has 0 atom stereocenters. The predicted octanol–water partition coefficient (Wildman–Crippen LogP) is 2.17. The van der Waals surface area contributed by atoms with Gasteiger partial charge >= 0.3 is 0 Å². The summed E-state index contributed by atoms with van der Waals surface area (Å²) in [6, 6.07) is 16.4. The highest BCUT2D eigenvalue weighted by molar-refractivity contribution is 5.80. The van der Waals surface area contributed by atoms with Crippen molar-refractivity contribution in [3.8, 4) is 0 Å². The Morgan fingerprint density at radius 3 is 1.56 bits per heavy atom. The van der Waals surface area contributed by atoms with Crippen molar-refractivity contribution >= 4 is 11.8 Å². The van der Waals surface area contributed by atoms with E-state index in [1.54, 1.807) is 0 Å². The summed E-state index contributed by atoms with van der Waals surface area (Å²) >= 11 is 0. The van der Waals surface area contributed by atoms with Gasteiger partial charge in [-0.25, -0.2) is 0 Å². The third-order valence-electron chi connectivity index (χ3n) is 5.42. The molecular formula is C22H24N2O3. The molecule has 0 N–H and O–H groups in total. The van der Waals surface area contributed by atoms with Crippen LogP contribution < -0.4 is 0 Å². The number of carbonyl (C=O) groups excluding carboxylic acids is 2. The summed E-state index contributed by atoms with van der Waals surface area (Å²) in [5.41, 5.74) is 5.01. The maximum absolute atomic E-state index is 12.4. The maximum atomic E-state index is 12.4. The van der Waals surface area contributed by atoms with Crippen LogP contribution in [0.5, 0.6) is 0 Å². The highest BCUT2D eigenvalue weighted by Crippen LogP contribution is 2.19. The van der Waals surface area contributed by atoms with Crippen molar-refractivity contribution in [1.29, 1.82) is 0 Å². The molecule has 0 saturated heterocycles. The summed E-state index contributed by atoms with van der Waals surface area (Å²) in [4.78, 5) is 28.4. The molecule has 2 aliphatic rings. The Hall–Kier alpha value is -2.66. The van der Waals surface area contributed by atoms with Crippen LogP contribution in [-0.2, 0) is 40.3 Å². The standard InChI is InChI=1S/C22H24N2O3/c25-21(23-11-9-17-5-1-3-7-19(17)13-23)15-27-16-22(26)24-12-10-18-6-2-4-8-20(18)14-24/h1-8H,9-16H2. The van der Waals surface area contributed by atoms with Gasteiger partial charge in [-0.1, -0.05) is 48.5 Å². The number of hydrogen-bond donors (Lipinski definition) is 0. The van der Waals surface area contributed by atoms with Gasteiger partial charge in [-0.05, 0) is 35.1 Å². The lowest BCUT2D eigenvalue weighted by molar-refractivity contribution is -0.143. The fraction of sp³-hybridized carbons (Fsp3) is 0.364. The van der Waals surface area contributed by atoms with E-state index in [-0.39, 0.29) is 25.0 Å². The Morgan fingerprint density at radius 1 is 0.704 bits per heavy atom. The smallest absolute Gasteiger partial charge is 0.248 e. The highest BCUT2D eigenvalue weighted by atomic mass is 16.5. The molecule has 0 radical (unpaired) electrons. The molecular weight excluding hydrogens is 340 g/mol. The first kappa shape index (κ1) is 17.7. The summed E-state index contributed by atoms with van der Waals surface area (Å²) in [6.07, 6.45) is 1.74. The van der Waals surface area contributed by atoms with E-state index in [4.69, 9.17) is 4.74 Å². The van der Waals surface area contributed by atoms with Crippen LogP contribution in [0, 0.1) is 0 Å². The third kappa shape index (κ3) is 4.03. The van der Waals surface area contributed by atoms with Crippen LogP contribution in [0.1, 0.15) is 22.3 Å². The minimum absolute atomic E-state index is 0.0433. The minimum Gasteiger partial charge on any atom is -0.362 e. The highest BCUT2D eigenvalue weighted by Gasteiger charge is 2.23. The van der Waals surface area contributed by atoms with Crippen LogP contribution in [0.25, 0.3) is 0 Å². The van der Waals surface area contributed by atoms with Gasteiger partial charge in [0, 0.05) is 26.2 Å². The third-order valence-corrected chi connectivity index (χ3v) is 5.42. The number of amides is 2. The van der Waals surface area contributed by atoms with E-state index in [2.05, 4.69) is 24.3 Å². The molecule has 2 aliphatic heterocycles. The van der Waals surface area contributed by atoms with Gasteiger partial charge in [0.05, 0.1) is 0 Å².